The zero-order valence-electron chi connectivity index (χ0n) is 15.4. The van der Waals surface area contributed by atoms with E-state index in [1.165, 1.54) is 18.3 Å². The van der Waals surface area contributed by atoms with Crippen LogP contribution in [0.4, 0.5) is 8.78 Å². The third-order valence-corrected chi connectivity index (χ3v) is 4.38. The lowest BCUT2D eigenvalue weighted by Gasteiger charge is -2.16. The average molecular weight is 411 g/mol. The summed E-state index contributed by atoms with van der Waals surface area (Å²) in [6.07, 6.45) is 1.43. The fourth-order valence-corrected chi connectivity index (χ4v) is 2.85. The zero-order chi connectivity index (χ0) is 20.8. The van der Waals surface area contributed by atoms with Gasteiger partial charge in [-0.25, -0.2) is 8.78 Å². The second kappa shape index (κ2) is 9.48. The molecule has 28 heavy (non-hydrogen) atoms. The first-order valence-corrected chi connectivity index (χ1v) is 8.78. The summed E-state index contributed by atoms with van der Waals surface area (Å²) in [4.78, 5) is 16.6. The number of nitrogens with zero attached hydrogens (tertiary/aromatic N) is 1. The average Bonchev–Trinajstić information content (AvgIpc) is 3.06. The van der Waals surface area contributed by atoms with Crippen LogP contribution in [0.25, 0.3) is 0 Å². The predicted octanol–water partition coefficient (Wildman–Crippen LogP) is 2.62. The molecule has 2 aromatic rings. The molecule has 2 rings (SSSR count). The number of rotatable bonds is 7. The summed E-state index contributed by atoms with van der Waals surface area (Å²) < 4.78 is 31.9. The van der Waals surface area contributed by atoms with Crippen LogP contribution in [-0.2, 0) is 6.42 Å². The summed E-state index contributed by atoms with van der Waals surface area (Å²) in [5.74, 6) is -1.92. The first-order valence-electron chi connectivity index (χ1n) is 8.40. The Morgan fingerprint density at radius 2 is 2.07 bits per heavy atom. The first-order chi connectivity index (χ1) is 13.3. The number of carbonyl (C=O) groups excluding carboxylic acids is 1. The van der Waals surface area contributed by atoms with E-state index in [1.54, 1.807) is 14.0 Å². The number of furan rings is 1. The number of nitrogens with two attached hydrogens (primary N) is 2. The number of nitrogens with one attached hydrogen (secondary N) is 1. The van der Waals surface area contributed by atoms with Crippen LogP contribution in [0.5, 0.6) is 0 Å². The highest BCUT2D eigenvalue weighted by atomic mass is 35.5. The van der Waals surface area contributed by atoms with Crippen molar-refractivity contribution in [2.24, 2.45) is 16.5 Å². The van der Waals surface area contributed by atoms with Crippen LogP contribution in [0, 0.1) is 18.6 Å². The molecule has 0 fully saturated rings. The second-order valence-electron chi connectivity index (χ2n) is 6.03. The Labute approximate surface area is 166 Å². The summed E-state index contributed by atoms with van der Waals surface area (Å²) in [5, 5.41) is 2.94. The van der Waals surface area contributed by atoms with Gasteiger partial charge in [-0.15, -0.1) is 0 Å². The Kier molecular flexibility index (Phi) is 7.31. The normalized spacial score (nSPS) is 13.5. The smallest absolute Gasteiger partial charge is 0.287 e. The number of hydrogen-bond donors (Lipinski definition) is 3. The Morgan fingerprint density at radius 3 is 2.64 bits per heavy atom. The number of benzene rings is 1. The largest absolute Gasteiger partial charge is 0.455 e. The van der Waals surface area contributed by atoms with Crippen molar-refractivity contribution >= 4 is 23.2 Å². The quantitative estimate of drug-likeness (QED) is 0.610. The number of aliphatic imine (C=N–C) groups is 1. The molecule has 1 aromatic heterocycles. The van der Waals surface area contributed by atoms with Gasteiger partial charge in [0.25, 0.3) is 5.91 Å². The molecule has 9 heteroatoms. The van der Waals surface area contributed by atoms with Gasteiger partial charge in [-0.05, 0) is 37.1 Å². The van der Waals surface area contributed by atoms with Crippen molar-refractivity contribution in [2.75, 3.05) is 13.6 Å². The van der Waals surface area contributed by atoms with Crippen LogP contribution in [0.15, 0.2) is 44.9 Å². The maximum atomic E-state index is 13.4. The monoisotopic (exact) mass is 410 g/mol. The summed E-state index contributed by atoms with van der Waals surface area (Å²) in [5.41, 5.74) is 12.6. The zero-order valence-corrected chi connectivity index (χ0v) is 16.2. The molecule has 1 amide bonds. The molecular weight excluding hydrogens is 390 g/mol. The minimum absolute atomic E-state index is 0.0406. The molecule has 0 aliphatic rings. The third kappa shape index (κ3) is 4.96. The minimum Gasteiger partial charge on any atom is -0.455 e. The van der Waals surface area contributed by atoms with Gasteiger partial charge >= 0.3 is 0 Å². The lowest BCUT2D eigenvalue weighted by atomic mass is 10.1. The maximum absolute atomic E-state index is 13.4. The topological polar surface area (TPSA) is 107 Å². The van der Waals surface area contributed by atoms with Crippen molar-refractivity contribution in [3.63, 3.8) is 0 Å². The molecule has 0 saturated carbocycles. The van der Waals surface area contributed by atoms with Gasteiger partial charge in [0.15, 0.2) is 17.4 Å². The molecule has 150 valence electrons. The number of allylic oxidation sites excluding steroid dienone is 1. The van der Waals surface area contributed by atoms with Gasteiger partial charge in [-0.2, -0.15) is 0 Å². The number of aryl methyl sites for hydroxylation is 1. The fourth-order valence-electron chi connectivity index (χ4n) is 2.66. The summed E-state index contributed by atoms with van der Waals surface area (Å²) in [6.45, 7) is 1.76. The second-order valence-corrected chi connectivity index (χ2v) is 6.43. The Bertz CT molecular complexity index is 925. The van der Waals surface area contributed by atoms with Crippen molar-refractivity contribution in [1.82, 2.24) is 5.32 Å². The van der Waals surface area contributed by atoms with Gasteiger partial charge < -0.3 is 21.2 Å². The standard InChI is InChI=1S/C19H21ClF2N4O2/c1-10-13(18(25-2)14(20)9-24)7-17(28-10)19(27)26-12(8-23)5-11-3-4-15(21)16(22)6-11/h3-4,6-7,9,12H,5,8,23-24H2,1-2H3,(H,26,27). The van der Waals surface area contributed by atoms with E-state index >= 15 is 0 Å². The van der Waals surface area contributed by atoms with Crippen LogP contribution in [0.1, 0.15) is 27.4 Å². The van der Waals surface area contributed by atoms with E-state index in [9.17, 15) is 13.6 Å². The van der Waals surface area contributed by atoms with Crippen molar-refractivity contribution in [3.8, 4) is 0 Å². The van der Waals surface area contributed by atoms with Crippen LogP contribution in [-0.4, -0.2) is 31.3 Å². The van der Waals surface area contributed by atoms with E-state index < -0.39 is 23.6 Å². The molecule has 0 saturated heterocycles. The van der Waals surface area contributed by atoms with Crippen LogP contribution in [0.3, 0.4) is 0 Å². The Hall–Kier alpha value is -2.71. The minimum atomic E-state index is -0.956. The lowest BCUT2D eigenvalue weighted by molar-refractivity contribution is 0.0908. The van der Waals surface area contributed by atoms with E-state index in [-0.39, 0.29) is 23.8 Å². The van der Waals surface area contributed by atoms with E-state index in [4.69, 9.17) is 27.5 Å². The predicted molar refractivity (Wildman–Crippen MR) is 104 cm³/mol. The van der Waals surface area contributed by atoms with Gasteiger partial charge in [-0.3, -0.25) is 9.79 Å². The van der Waals surface area contributed by atoms with Gasteiger partial charge in [0.1, 0.15) is 5.76 Å². The van der Waals surface area contributed by atoms with Crippen molar-refractivity contribution < 1.29 is 18.0 Å². The van der Waals surface area contributed by atoms with Crippen LogP contribution < -0.4 is 16.8 Å². The van der Waals surface area contributed by atoms with Crippen molar-refractivity contribution in [3.05, 3.63) is 69.8 Å². The van der Waals surface area contributed by atoms with Crippen molar-refractivity contribution in [2.45, 2.75) is 19.4 Å². The maximum Gasteiger partial charge on any atom is 0.287 e. The SMILES string of the molecule is CN=C(C(Cl)=CN)c1cc(C(=O)NC(CN)Cc2ccc(F)c(F)c2)oc1C. The number of hydrogen-bond acceptors (Lipinski definition) is 5. The van der Waals surface area contributed by atoms with Gasteiger partial charge in [0.2, 0.25) is 0 Å². The first kappa shape index (κ1) is 21.6. The molecule has 1 aromatic carbocycles. The van der Waals surface area contributed by atoms with Crippen LogP contribution >= 0.6 is 11.6 Å². The highest BCUT2D eigenvalue weighted by Crippen LogP contribution is 2.21. The molecule has 0 aliphatic carbocycles. The molecule has 6 nitrogen and oxygen atoms in total. The van der Waals surface area contributed by atoms with Gasteiger partial charge in [-0.1, -0.05) is 17.7 Å². The summed E-state index contributed by atoms with van der Waals surface area (Å²) in [6, 6.07) is 4.54. The molecule has 1 atom stereocenters. The number of amides is 1. The van der Waals surface area contributed by atoms with Crippen molar-refractivity contribution in [1.29, 1.82) is 0 Å². The molecule has 0 radical (unpaired) electrons. The highest BCUT2D eigenvalue weighted by Gasteiger charge is 2.21. The van der Waals surface area contributed by atoms with E-state index in [0.29, 0.717) is 22.6 Å². The molecule has 5 N–H and O–H groups in total. The number of carbonyl (C=O) groups is 1. The van der Waals surface area contributed by atoms with E-state index in [2.05, 4.69) is 10.3 Å². The molecule has 0 spiro atoms. The van der Waals surface area contributed by atoms with E-state index in [0.717, 1.165) is 12.1 Å². The third-order valence-electron chi connectivity index (χ3n) is 4.08. The highest BCUT2D eigenvalue weighted by molar-refractivity contribution is 6.46. The molecule has 1 heterocycles. The van der Waals surface area contributed by atoms with E-state index in [1.807, 2.05) is 0 Å². The summed E-state index contributed by atoms with van der Waals surface area (Å²) >= 11 is 6.04. The van der Waals surface area contributed by atoms with Gasteiger partial charge in [0, 0.05) is 31.4 Å². The molecule has 1 unspecified atom stereocenters. The Balaban J connectivity index is 2.16. The molecular formula is C19H21ClF2N4O2. The number of halogens is 3. The Morgan fingerprint density at radius 1 is 1.36 bits per heavy atom. The fraction of sp³-hybridized carbons (Fsp3) is 0.263. The lowest BCUT2D eigenvalue weighted by Crippen LogP contribution is -2.41. The van der Waals surface area contributed by atoms with Crippen LogP contribution in [0.2, 0.25) is 0 Å². The summed E-state index contributed by atoms with van der Waals surface area (Å²) in [7, 11) is 1.54. The molecule has 0 bridgehead atoms. The molecule has 0 aliphatic heterocycles. The van der Waals surface area contributed by atoms with Gasteiger partial charge in [0.05, 0.1) is 10.7 Å².